The van der Waals surface area contributed by atoms with Crippen LogP contribution in [0.3, 0.4) is 0 Å². The first-order valence-electron chi connectivity index (χ1n) is 10.4. The van der Waals surface area contributed by atoms with Crippen LogP contribution in [0.15, 0.2) is 54.6 Å². The Balaban J connectivity index is 1.65. The SMILES string of the molecule is CCOCc1nc2c(N)nc3ccccc3c2n1Cc1cc(-c2ccc(F)cc2)n(C)n1. The van der Waals surface area contributed by atoms with Crippen molar-refractivity contribution in [1.82, 2.24) is 24.3 Å². The molecule has 3 aromatic heterocycles. The molecule has 162 valence electrons. The fourth-order valence-corrected chi connectivity index (χ4v) is 4.04. The molecule has 32 heavy (non-hydrogen) atoms. The third-order valence-electron chi connectivity index (χ3n) is 5.52. The zero-order chi connectivity index (χ0) is 22.2. The zero-order valence-corrected chi connectivity index (χ0v) is 17.9. The smallest absolute Gasteiger partial charge is 0.152 e. The number of hydrogen-bond donors (Lipinski definition) is 1. The standard InChI is InChI=1S/C24H23FN6O/c1-3-32-14-21-28-22-23(18-6-4-5-7-19(18)27-24(22)26)31(21)13-17-12-20(30(2)29-17)15-8-10-16(25)11-9-15/h4-12H,3,13-14H2,1-2H3,(H2,26,27). The van der Waals surface area contributed by atoms with Crippen molar-refractivity contribution in [2.45, 2.75) is 20.1 Å². The van der Waals surface area contributed by atoms with Crippen LogP contribution in [0.25, 0.3) is 33.2 Å². The summed E-state index contributed by atoms with van der Waals surface area (Å²) in [5.74, 6) is 0.892. The number of ether oxygens (including phenoxy) is 1. The van der Waals surface area contributed by atoms with Crippen LogP contribution in [0.1, 0.15) is 18.4 Å². The number of halogens is 1. The Labute approximate surface area is 184 Å². The molecule has 0 aliphatic rings. The van der Waals surface area contributed by atoms with E-state index < -0.39 is 0 Å². The van der Waals surface area contributed by atoms with Gasteiger partial charge in [0.25, 0.3) is 0 Å². The molecule has 0 radical (unpaired) electrons. The van der Waals surface area contributed by atoms with Gasteiger partial charge in [-0.2, -0.15) is 5.10 Å². The van der Waals surface area contributed by atoms with E-state index in [1.165, 1.54) is 12.1 Å². The molecule has 0 aliphatic heterocycles. The molecule has 2 N–H and O–H groups in total. The second kappa shape index (κ2) is 8.05. The second-order valence-electron chi connectivity index (χ2n) is 7.61. The zero-order valence-electron chi connectivity index (χ0n) is 17.9. The molecule has 0 saturated heterocycles. The number of nitrogens with zero attached hydrogens (tertiary/aromatic N) is 5. The van der Waals surface area contributed by atoms with Gasteiger partial charge in [0.15, 0.2) is 5.82 Å². The number of fused-ring (bicyclic) bond motifs is 3. The fourth-order valence-electron chi connectivity index (χ4n) is 4.04. The van der Waals surface area contributed by atoms with E-state index in [4.69, 9.17) is 20.6 Å². The van der Waals surface area contributed by atoms with E-state index in [9.17, 15) is 4.39 Å². The molecule has 0 fully saturated rings. The van der Waals surface area contributed by atoms with Gasteiger partial charge in [0.05, 0.1) is 29.0 Å². The largest absolute Gasteiger partial charge is 0.382 e. The van der Waals surface area contributed by atoms with E-state index >= 15 is 0 Å². The number of rotatable bonds is 6. The van der Waals surface area contributed by atoms with E-state index in [1.54, 1.807) is 16.8 Å². The molecule has 7 nitrogen and oxygen atoms in total. The molecular weight excluding hydrogens is 407 g/mol. The van der Waals surface area contributed by atoms with Crippen LogP contribution >= 0.6 is 0 Å². The third-order valence-corrected chi connectivity index (χ3v) is 5.52. The number of nitrogens with two attached hydrogens (primary N) is 1. The summed E-state index contributed by atoms with van der Waals surface area (Å²) in [5, 5.41) is 5.68. The Kier molecular flexibility index (Phi) is 5.07. The van der Waals surface area contributed by atoms with Crippen molar-refractivity contribution in [2.75, 3.05) is 12.3 Å². The van der Waals surface area contributed by atoms with Crippen LogP contribution < -0.4 is 5.73 Å². The maximum Gasteiger partial charge on any atom is 0.152 e. The van der Waals surface area contributed by atoms with Crippen LogP contribution in [0.4, 0.5) is 10.2 Å². The van der Waals surface area contributed by atoms with Crippen LogP contribution in [0.2, 0.25) is 0 Å². The predicted molar refractivity (Wildman–Crippen MR) is 122 cm³/mol. The number of benzene rings is 2. The minimum atomic E-state index is -0.264. The summed E-state index contributed by atoms with van der Waals surface area (Å²) in [5.41, 5.74) is 11.3. The Hall–Kier alpha value is -3.78. The summed E-state index contributed by atoms with van der Waals surface area (Å²) in [4.78, 5) is 9.29. The molecule has 0 amide bonds. The maximum atomic E-state index is 13.4. The number of aromatic nitrogens is 5. The summed E-state index contributed by atoms with van der Waals surface area (Å²) >= 11 is 0. The quantitative estimate of drug-likeness (QED) is 0.434. The molecule has 2 aromatic carbocycles. The van der Waals surface area contributed by atoms with Crippen molar-refractivity contribution in [3.05, 3.63) is 71.9 Å². The molecule has 8 heteroatoms. The first-order chi connectivity index (χ1) is 15.5. The highest BCUT2D eigenvalue weighted by atomic mass is 19.1. The topological polar surface area (TPSA) is 83.8 Å². The normalized spacial score (nSPS) is 11.6. The van der Waals surface area contributed by atoms with E-state index in [0.717, 1.165) is 39.2 Å². The van der Waals surface area contributed by atoms with Gasteiger partial charge < -0.3 is 15.0 Å². The lowest BCUT2D eigenvalue weighted by molar-refractivity contribution is 0.126. The second-order valence-corrected chi connectivity index (χ2v) is 7.61. The number of nitrogen functional groups attached to an aromatic ring is 1. The average Bonchev–Trinajstić information content (AvgIpc) is 3.34. The van der Waals surface area contributed by atoms with Gasteiger partial charge in [-0.05, 0) is 48.9 Å². The van der Waals surface area contributed by atoms with Crippen LogP contribution in [-0.4, -0.2) is 30.9 Å². The van der Waals surface area contributed by atoms with Crippen molar-refractivity contribution in [3.8, 4) is 11.3 Å². The lowest BCUT2D eigenvalue weighted by Gasteiger charge is -2.09. The molecule has 3 heterocycles. The Morgan fingerprint density at radius 2 is 1.84 bits per heavy atom. The lowest BCUT2D eigenvalue weighted by Crippen LogP contribution is -2.08. The highest BCUT2D eigenvalue weighted by Gasteiger charge is 2.19. The Morgan fingerprint density at radius 3 is 2.62 bits per heavy atom. The molecule has 5 aromatic rings. The number of anilines is 1. The number of para-hydroxylation sites is 1. The van der Waals surface area contributed by atoms with Crippen LogP contribution in [0.5, 0.6) is 0 Å². The van der Waals surface area contributed by atoms with Gasteiger partial charge in [-0.3, -0.25) is 4.68 Å². The van der Waals surface area contributed by atoms with Crippen LogP contribution in [-0.2, 0) is 24.9 Å². The van der Waals surface area contributed by atoms with Gasteiger partial charge in [0.2, 0.25) is 0 Å². The van der Waals surface area contributed by atoms with Crippen molar-refractivity contribution in [3.63, 3.8) is 0 Å². The van der Waals surface area contributed by atoms with Gasteiger partial charge >= 0.3 is 0 Å². The first kappa shape index (κ1) is 20.1. The molecular formula is C24H23FN6O. The molecule has 0 aliphatic carbocycles. The molecule has 0 unspecified atom stereocenters. The molecule has 0 saturated carbocycles. The first-order valence-corrected chi connectivity index (χ1v) is 10.4. The minimum Gasteiger partial charge on any atom is -0.382 e. The van der Waals surface area contributed by atoms with Crippen molar-refractivity contribution >= 4 is 27.8 Å². The number of imidazole rings is 1. The monoisotopic (exact) mass is 430 g/mol. The summed E-state index contributed by atoms with van der Waals surface area (Å²) in [6.07, 6.45) is 0. The Bertz CT molecular complexity index is 1420. The average molecular weight is 430 g/mol. The summed E-state index contributed by atoms with van der Waals surface area (Å²) in [7, 11) is 1.88. The van der Waals surface area contributed by atoms with Crippen LogP contribution in [0, 0.1) is 5.82 Å². The summed E-state index contributed by atoms with van der Waals surface area (Å²) in [6, 6.07) is 16.3. The Morgan fingerprint density at radius 1 is 1.06 bits per heavy atom. The van der Waals surface area contributed by atoms with E-state index in [0.29, 0.717) is 31.1 Å². The number of aryl methyl sites for hydroxylation is 1. The van der Waals surface area contributed by atoms with E-state index in [2.05, 4.69) is 9.55 Å². The van der Waals surface area contributed by atoms with Crippen molar-refractivity contribution < 1.29 is 9.13 Å². The van der Waals surface area contributed by atoms with Crippen molar-refractivity contribution in [1.29, 1.82) is 0 Å². The summed E-state index contributed by atoms with van der Waals surface area (Å²) < 4.78 is 22.9. The molecule has 5 rings (SSSR count). The van der Waals surface area contributed by atoms with Gasteiger partial charge in [0, 0.05) is 19.0 Å². The predicted octanol–water partition coefficient (Wildman–Crippen LogP) is 4.29. The molecule has 0 atom stereocenters. The van der Waals surface area contributed by atoms with Gasteiger partial charge in [-0.1, -0.05) is 18.2 Å². The minimum absolute atomic E-state index is 0.264. The van der Waals surface area contributed by atoms with Gasteiger partial charge in [-0.15, -0.1) is 0 Å². The number of hydrogen-bond acceptors (Lipinski definition) is 5. The third kappa shape index (κ3) is 3.48. The molecule has 0 spiro atoms. The van der Waals surface area contributed by atoms with Gasteiger partial charge in [0.1, 0.15) is 23.8 Å². The number of pyridine rings is 1. The highest BCUT2D eigenvalue weighted by molar-refractivity contribution is 6.06. The summed E-state index contributed by atoms with van der Waals surface area (Å²) in [6.45, 7) is 3.38. The lowest BCUT2D eigenvalue weighted by atomic mass is 10.1. The van der Waals surface area contributed by atoms with E-state index in [-0.39, 0.29) is 5.82 Å². The van der Waals surface area contributed by atoms with Crippen molar-refractivity contribution in [2.24, 2.45) is 7.05 Å². The van der Waals surface area contributed by atoms with Gasteiger partial charge in [-0.25, -0.2) is 14.4 Å². The highest BCUT2D eigenvalue weighted by Crippen LogP contribution is 2.30. The fraction of sp³-hybridized carbons (Fsp3) is 0.208. The molecule has 0 bridgehead atoms. The maximum absolute atomic E-state index is 13.4. The van der Waals surface area contributed by atoms with E-state index in [1.807, 2.05) is 44.3 Å².